The van der Waals surface area contributed by atoms with Gasteiger partial charge in [0.15, 0.2) is 0 Å². The van der Waals surface area contributed by atoms with E-state index in [-0.39, 0.29) is 16.6 Å². The monoisotopic (exact) mass is 426 g/mol. The minimum atomic E-state index is -3.89. The first-order chi connectivity index (χ1) is 11.6. The molecule has 1 amide bonds. The van der Waals surface area contributed by atoms with Crippen molar-refractivity contribution in [3.05, 3.63) is 52.0 Å². The van der Waals surface area contributed by atoms with E-state index in [0.29, 0.717) is 15.9 Å². The van der Waals surface area contributed by atoms with Gasteiger partial charge in [-0.05, 0) is 78.7 Å². The predicted octanol–water partition coefficient (Wildman–Crippen LogP) is 3.44. The Morgan fingerprint density at radius 2 is 1.88 bits per heavy atom. The van der Waals surface area contributed by atoms with Crippen LogP contribution in [-0.4, -0.2) is 20.4 Å². The number of amides is 1. The zero-order valence-corrected chi connectivity index (χ0v) is 16.4. The summed E-state index contributed by atoms with van der Waals surface area (Å²) in [5.41, 5.74) is 1.60. The summed E-state index contributed by atoms with van der Waals surface area (Å²) in [5, 5.41) is 7.89. The number of benzene rings is 2. The minimum absolute atomic E-state index is 0.0525. The van der Waals surface area contributed by atoms with Crippen molar-refractivity contribution in [1.82, 2.24) is 0 Å². The molecule has 2 aromatic carbocycles. The van der Waals surface area contributed by atoms with E-state index in [2.05, 4.69) is 21.2 Å². The second kappa shape index (κ2) is 7.55. The van der Waals surface area contributed by atoms with Gasteiger partial charge in [-0.2, -0.15) is 0 Å². The van der Waals surface area contributed by atoms with Crippen molar-refractivity contribution in [3.8, 4) is 5.75 Å². The molecule has 0 aliphatic carbocycles. The van der Waals surface area contributed by atoms with E-state index in [1.54, 1.807) is 12.1 Å². The number of aryl methyl sites for hydroxylation is 1. The van der Waals surface area contributed by atoms with Gasteiger partial charge in [0, 0.05) is 10.2 Å². The fraction of sp³-hybridized carbons (Fsp3) is 0.235. The maximum Gasteiger partial charge on any atom is 0.256 e. The molecule has 0 aliphatic heterocycles. The molecule has 0 aromatic heterocycles. The second-order valence-electron chi connectivity index (χ2n) is 5.78. The number of carbonyl (C=O) groups excluding carboxylic acids is 1. The van der Waals surface area contributed by atoms with Crippen molar-refractivity contribution in [3.63, 3.8) is 0 Å². The second-order valence-corrected chi connectivity index (χ2v) is 8.20. The highest BCUT2D eigenvalue weighted by molar-refractivity contribution is 9.10. The molecule has 2 aromatic rings. The van der Waals surface area contributed by atoms with Crippen LogP contribution in [0.4, 0.5) is 5.69 Å². The number of sulfonamides is 1. The average molecular weight is 427 g/mol. The van der Waals surface area contributed by atoms with Gasteiger partial charge in [0.25, 0.3) is 5.91 Å². The van der Waals surface area contributed by atoms with E-state index >= 15 is 0 Å². The lowest BCUT2D eigenvalue weighted by Gasteiger charge is -2.14. The smallest absolute Gasteiger partial charge is 0.256 e. The highest BCUT2D eigenvalue weighted by atomic mass is 79.9. The normalized spacial score (nSPS) is 11.4. The van der Waals surface area contributed by atoms with Gasteiger partial charge in [0.1, 0.15) is 5.75 Å². The number of primary sulfonamides is 1. The molecule has 6 nitrogen and oxygen atoms in total. The largest absolute Gasteiger partial charge is 0.491 e. The molecule has 134 valence electrons. The van der Waals surface area contributed by atoms with Crippen LogP contribution in [0.15, 0.2) is 45.8 Å². The summed E-state index contributed by atoms with van der Waals surface area (Å²) in [7, 11) is -3.89. The molecule has 0 fully saturated rings. The molecule has 0 bridgehead atoms. The number of carbonyl (C=O) groups is 1. The summed E-state index contributed by atoms with van der Waals surface area (Å²) in [4.78, 5) is 12.4. The number of hydrogen-bond acceptors (Lipinski definition) is 4. The van der Waals surface area contributed by atoms with Crippen molar-refractivity contribution in [2.45, 2.75) is 31.8 Å². The number of nitrogens with one attached hydrogen (secondary N) is 1. The standard InChI is InChI=1S/C17H19BrN2O4S/c1-10(2)24-12-4-7-16(11(3)8-12)20-17(21)14-9-13(25(19,22)23)5-6-15(14)18/h4-10H,1-3H3,(H,20,21)(H2,19,22,23). The third-order valence-electron chi connectivity index (χ3n) is 3.33. The summed E-state index contributed by atoms with van der Waals surface area (Å²) in [6.45, 7) is 5.71. The predicted molar refractivity (Wildman–Crippen MR) is 100 cm³/mol. The number of nitrogens with two attached hydrogens (primary N) is 1. The Morgan fingerprint density at radius 3 is 2.44 bits per heavy atom. The maximum absolute atomic E-state index is 12.5. The van der Waals surface area contributed by atoms with Crippen LogP contribution in [0.1, 0.15) is 29.8 Å². The highest BCUT2D eigenvalue weighted by Crippen LogP contribution is 2.25. The molecule has 8 heteroatoms. The molecule has 0 spiro atoms. The van der Waals surface area contributed by atoms with Crippen molar-refractivity contribution in [2.75, 3.05) is 5.32 Å². The van der Waals surface area contributed by atoms with Crippen molar-refractivity contribution >= 4 is 37.5 Å². The fourth-order valence-corrected chi connectivity index (χ4v) is 3.13. The zero-order valence-electron chi connectivity index (χ0n) is 14.0. The number of rotatable bonds is 5. The van der Waals surface area contributed by atoms with Crippen LogP contribution in [0.2, 0.25) is 0 Å². The highest BCUT2D eigenvalue weighted by Gasteiger charge is 2.16. The van der Waals surface area contributed by atoms with E-state index in [9.17, 15) is 13.2 Å². The average Bonchev–Trinajstić information content (AvgIpc) is 2.48. The molecular formula is C17H19BrN2O4S. The Balaban J connectivity index is 2.28. The van der Waals surface area contributed by atoms with E-state index in [1.165, 1.54) is 18.2 Å². The van der Waals surface area contributed by atoms with Crippen molar-refractivity contribution in [1.29, 1.82) is 0 Å². The van der Waals surface area contributed by atoms with E-state index in [1.807, 2.05) is 26.8 Å². The lowest BCUT2D eigenvalue weighted by atomic mass is 10.1. The Kier molecular flexibility index (Phi) is 5.87. The van der Waals surface area contributed by atoms with Crippen LogP contribution in [-0.2, 0) is 10.0 Å². The van der Waals surface area contributed by atoms with Crippen LogP contribution >= 0.6 is 15.9 Å². The van der Waals surface area contributed by atoms with Crippen molar-refractivity contribution in [2.24, 2.45) is 5.14 Å². The number of hydrogen-bond donors (Lipinski definition) is 2. The Bertz CT molecular complexity index is 911. The number of anilines is 1. The first-order valence-electron chi connectivity index (χ1n) is 7.49. The lowest BCUT2D eigenvalue weighted by Crippen LogP contribution is -2.17. The molecule has 25 heavy (non-hydrogen) atoms. The van der Waals surface area contributed by atoms with Crippen LogP contribution in [0, 0.1) is 6.92 Å². The summed E-state index contributed by atoms with van der Waals surface area (Å²) >= 11 is 3.25. The van der Waals surface area contributed by atoms with Gasteiger partial charge in [-0.15, -0.1) is 0 Å². The number of ether oxygens (including phenoxy) is 1. The lowest BCUT2D eigenvalue weighted by molar-refractivity contribution is 0.102. The molecule has 2 rings (SSSR count). The van der Waals surface area contributed by atoms with Gasteiger partial charge in [-0.3, -0.25) is 4.79 Å². The topological polar surface area (TPSA) is 98.5 Å². The third-order valence-corrected chi connectivity index (χ3v) is 4.93. The molecule has 0 saturated heterocycles. The Morgan fingerprint density at radius 1 is 1.20 bits per heavy atom. The number of halogens is 1. The minimum Gasteiger partial charge on any atom is -0.491 e. The zero-order chi connectivity index (χ0) is 18.8. The first kappa shape index (κ1) is 19.4. The summed E-state index contributed by atoms with van der Waals surface area (Å²) in [5.74, 6) is 0.265. The summed E-state index contributed by atoms with van der Waals surface area (Å²) < 4.78 is 29.0. The van der Waals surface area contributed by atoms with Gasteiger partial charge < -0.3 is 10.1 Å². The quantitative estimate of drug-likeness (QED) is 0.764. The molecule has 3 N–H and O–H groups in total. The molecule has 0 atom stereocenters. The SMILES string of the molecule is Cc1cc(OC(C)C)ccc1NC(=O)c1cc(S(N)(=O)=O)ccc1Br. The Labute approximate surface area is 155 Å². The molecule has 0 aliphatic rings. The van der Waals surface area contributed by atoms with Gasteiger partial charge in [-0.1, -0.05) is 0 Å². The van der Waals surface area contributed by atoms with Crippen LogP contribution in [0.5, 0.6) is 5.75 Å². The van der Waals surface area contributed by atoms with Crippen molar-refractivity contribution < 1.29 is 17.9 Å². The molecule has 0 heterocycles. The molecular weight excluding hydrogens is 408 g/mol. The van der Waals surface area contributed by atoms with Crippen LogP contribution in [0.3, 0.4) is 0 Å². The van der Waals surface area contributed by atoms with Crippen LogP contribution in [0.25, 0.3) is 0 Å². The first-order valence-corrected chi connectivity index (χ1v) is 9.83. The third kappa shape index (κ3) is 5.04. The van der Waals surface area contributed by atoms with Gasteiger partial charge >= 0.3 is 0 Å². The van der Waals surface area contributed by atoms with E-state index in [0.717, 1.165) is 5.56 Å². The van der Waals surface area contributed by atoms with Gasteiger partial charge in [0.05, 0.1) is 16.6 Å². The molecule has 0 saturated carbocycles. The Hall–Kier alpha value is -1.90. The fourth-order valence-electron chi connectivity index (χ4n) is 2.17. The summed E-state index contributed by atoms with van der Waals surface area (Å²) in [6.07, 6.45) is 0.0525. The molecule has 0 unspecified atom stereocenters. The van der Waals surface area contributed by atoms with E-state index < -0.39 is 15.9 Å². The van der Waals surface area contributed by atoms with Gasteiger partial charge in [-0.25, -0.2) is 13.6 Å². The van der Waals surface area contributed by atoms with Gasteiger partial charge in [0.2, 0.25) is 10.0 Å². The maximum atomic E-state index is 12.5. The molecule has 0 radical (unpaired) electrons. The van der Waals surface area contributed by atoms with Crippen LogP contribution < -0.4 is 15.2 Å². The van der Waals surface area contributed by atoms with E-state index in [4.69, 9.17) is 9.88 Å². The summed E-state index contributed by atoms with van der Waals surface area (Å²) in [6, 6.07) is 9.37.